The summed E-state index contributed by atoms with van der Waals surface area (Å²) in [5.74, 6) is 0. The summed E-state index contributed by atoms with van der Waals surface area (Å²) in [6.45, 7) is 0.489. The predicted octanol–water partition coefficient (Wildman–Crippen LogP) is 2.01. The summed E-state index contributed by atoms with van der Waals surface area (Å²) in [4.78, 5) is 16.2. The molecule has 0 spiro atoms. The second kappa shape index (κ2) is 3.94. The summed E-state index contributed by atoms with van der Waals surface area (Å²) in [6, 6.07) is 3.25. The molecular weight excluding hydrogens is 220 g/mol. The number of hydrogen-bond donors (Lipinski definition) is 0. The Kier molecular flexibility index (Phi) is 2.65. The third-order valence-corrected chi connectivity index (χ3v) is 3.17. The van der Waals surface area contributed by atoms with Crippen molar-refractivity contribution >= 4 is 22.9 Å². The van der Waals surface area contributed by atoms with Crippen molar-refractivity contribution < 1.29 is 0 Å². The van der Waals surface area contributed by atoms with Gasteiger partial charge in [-0.05, 0) is 11.4 Å². The van der Waals surface area contributed by atoms with Crippen LogP contribution in [0.1, 0.15) is 4.88 Å². The van der Waals surface area contributed by atoms with Gasteiger partial charge in [0.2, 0.25) is 0 Å². The van der Waals surface area contributed by atoms with Crippen LogP contribution >= 0.6 is 22.9 Å². The van der Waals surface area contributed by atoms with Crippen LogP contribution in [0.15, 0.2) is 34.8 Å². The van der Waals surface area contributed by atoms with Crippen LogP contribution in [-0.4, -0.2) is 9.55 Å². The van der Waals surface area contributed by atoms with Gasteiger partial charge < -0.3 is 0 Å². The van der Waals surface area contributed by atoms with Gasteiger partial charge in [0.1, 0.15) is 0 Å². The fourth-order valence-electron chi connectivity index (χ4n) is 1.09. The van der Waals surface area contributed by atoms with Gasteiger partial charge in [0.25, 0.3) is 5.56 Å². The topological polar surface area (TPSA) is 34.9 Å². The SMILES string of the molecule is O=c1ccncn1Cc1sccc1Cl. The lowest BCUT2D eigenvalue weighted by Crippen LogP contribution is -2.18. The van der Waals surface area contributed by atoms with Crippen LogP contribution in [0.2, 0.25) is 5.02 Å². The van der Waals surface area contributed by atoms with Crippen LogP contribution in [0.3, 0.4) is 0 Å². The van der Waals surface area contributed by atoms with E-state index in [-0.39, 0.29) is 5.56 Å². The molecule has 14 heavy (non-hydrogen) atoms. The summed E-state index contributed by atoms with van der Waals surface area (Å²) in [5.41, 5.74) is -0.0653. The second-order valence-electron chi connectivity index (χ2n) is 2.74. The molecule has 2 heterocycles. The highest BCUT2D eigenvalue weighted by molar-refractivity contribution is 7.10. The van der Waals surface area contributed by atoms with Gasteiger partial charge in [0, 0.05) is 17.1 Å². The molecule has 0 fully saturated rings. The molecule has 0 atom stereocenters. The normalized spacial score (nSPS) is 10.4. The summed E-state index contributed by atoms with van der Waals surface area (Å²) < 4.78 is 1.53. The van der Waals surface area contributed by atoms with Crippen molar-refractivity contribution in [3.05, 3.63) is 50.3 Å². The van der Waals surface area contributed by atoms with E-state index in [0.717, 1.165) is 4.88 Å². The van der Waals surface area contributed by atoms with Crippen molar-refractivity contribution in [2.75, 3.05) is 0 Å². The van der Waals surface area contributed by atoms with Gasteiger partial charge in [-0.1, -0.05) is 11.6 Å². The van der Waals surface area contributed by atoms with E-state index in [1.54, 1.807) is 0 Å². The Labute approximate surface area is 89.6 Å². The molecule has 3 nitrogen and oxygen atoms in total. The molecule has 0 aliphatic carbocycles. The molecule has 0 aliphatic heterocycles. The first kappa shape index (κ1) is 9.43. The van der Waals surface area contributed by atoms with Crippen LogP contribution in [0, 0.1) is 0 Å². The number of thiophene rings is 1. The van der Waals surface area contributed by atoms with Crippen LogP contribution in [0.4, 0.5) is 0 Å². The van der Waals surface area contributed by atoms with Gasteiger partial charge in [0.05, 0.1) is 17.9 Å². The average molecular weight is 227 g/mol. The molecule has 0 saturated carbocycles. The first-order valence-corrected chi connectivity index (χ1v) is 5.25. The van der Waals surface area contributed by atoms with E-state index in [9.17, 15) is 4.79 Å². The van der Waals surface area contributed by atoms with E-state index in [2.05, 4.69) is 4.98 Å². The Morgan fingerprint density at radius 1 is 1.50 bits per heavy atom. The van der Waals surface area contributed by atoms with Gasteiger partial charge in [-0.15, -0.1) is 11.3 Å². The smallest absolute Gasteiger partial charge is 0.253 e. The van der Waals surface area contributed by atoms with Gasteiger partial charge in [0.15, 0.2) is 0 Å². The number of hydrogen-bond acceptors (Lipinski definition) is 3. The Hall–Kier alpha value is -1.13. The molecule has 0 unspecified atom stereocenters. The highest BCUT2D eigenvalue weighted by Gasteiger charge is 2.03. The van der Waals surface area contributed by atoms with E-state index in [0.29, 0.717) is 11.6 Å². The van der Waals surface area contributed by atoms with Gasteiger partial charge in [-0.3, -0.25) is 9.36 Å². The number of nitrogens with zero attached hydrogens (tertiary/aromatic N) is 2. The molecule has 0 bridgehead atoms. The zero-order valence-corrected chi connectivity index (χ0v) is 8.76. The summed E-state index contributed by atoms with van der Waals surface area (Å²) in [7, 11) is 0. The first-order chi connectivity index (χ1) is 6.77. The number of rotatable bonds is 2. The quantitative estimate of drug-likeness (QED) is 0.785. The second-order valence-corrected chi connectivity index (χ2v) is 4.15. The zero-order valence-electron chi connectivity index (χ0n) is 7.18. The largest absolute Gasteiger partial charge is 0.294 e. The van der Waals surface area contributed by atoms with Crippen molar-refractivity contribution in [1.29, 1.82) is 0 Å². The van der Waals surface area contributed by atoms with E-state index >= 15 is 0 Å². The molecule has 0 aromatic carbocycles. The molecule has 5 heteroatoms. The van der Waals surface area contributed by atoms with Gasteiger partial charge in [-0.25, -0.2) is 4.98 Å². The minimum Gasteiger partial charge on any atom is -0.294 e. The fraction of sp³-hybridized carbons (Fsp3) is 0.111. The van der Waals surface area contributed by atoms with Crippen LogP contribution < -0.4 is 5.56 Å². The maximum atomic E-state index is 11.3. The zero-order chi connectivity index (χ0) is 9.97. The molecule has 2 aromatic heterocycles. The van der Waals surface area contributed by atoms with Gasteiger partial charge >= 0.3 is 0 Å². The maximum Gasteiger partial charge on any atom is 0.253 e. The highest BCUT2D eigenvalue weighted by Crippen LogP contribution is 2.22. The minimum absolute atomic E-state index is 0.0653. The molecule has 2 rings (SSSR count). The van der Waals surface area contributed by atoms with Gasteiger partial charge in [-0.2, -0.15) is 0 Å². The molecule has 0 amide bonds. The molecule has 0 radical (unpaired) electrons. The molecule has 72 valence electrons. The predicted molar refractivity (Wildman–Crippen MR) is 56.9 cm³/mol. The van der Waals surface area contributed by atoms with Crippen LogP contribution in [-0.2, 0) is 6.54 Å². The van der Waals surface area contributed by atoms with E-state index in [1.807, 2.05) is 11.4 Å². The molecule has 2 aromatic rings. The Balaban J connectivity index is 2.32. The average Bonchev–Trinajstić information content (AvgIpc) is 2.56. The molecule has 0 aliphatic rings. The lowest BCUT2D eigenvalue weighted by Gasteiger charge is -2.01. The van der Waals surface area contributed by atoms with E-state index in [1.165, 1.54) is 34.5 Å². The summed E-state index contributed by atoms with van der Waals surface area (Å²) >= 11 is 7.45. The van der Waals surface area contributed by atoms with Crippen molar-refractivity contribution in [2.45, 2.75) is 6.54 Å². The fourth-order valence-corrected chi connectivity index (χ4v) is 2.18. The van der Waals surface area contributed by atoms with E-state index < -0.39 is 0 Å². The molecule has 0 saturated heterocycles. The lowest BCUT2D eigenvalue weighted by atomic mass is 10.4. The molecule has 0 N–H and O–H groups in total. The number of aromatic nitrogens is 2. The van der Waals surface area contributed by atoms with Crippen LogP contribution in [0.25, 0.3) is 0 Å². The Bertz CT molecular complexity index is 491. The van der Waals surface area contributed by atoms with Crippen molar-refractivity contribution in [1.82, 2.24) is 9.55 Å². The van der Waals surface area contributed by atoms with Crippen LogP contribution in [0.5, 0.6) is 0 Å². The lowest BCUT2D eigenvalue weighted by molar-refractivity contribution is 0.745. The standard InChI is InChI=1S/C9H7ClN2OS/c10-7-2-4-14-8(7)5-12-6-11-3-1-9(12)13/h1-4,6H,5H2. The number of halogens is 1. The first-order valence-electron chi connectivity index (χ1n) is 3.99. The minimum atomic E-state index is -0.0653. The van der Waals surface area contributed by atoms with Crippen molar-refractivity contribution in [2.24, 2.45) is 0 Å². The van der Waals surface area contributed by atoms with Crippen molar-refractivity contribution in [3.63, 3.8) is 0 Å². The third-order valence-electron chi connectivity index (χ3n) is 1.80. The highest BCUT2D eigenvalue weighted by atomic mass is 35.5. The molecular formula is C9H7ClN2OS. The summed E-state index contributed by atoms with van der Waals surface area (Å²) in [6.07, 6.45) is 2.99. The Morgan fingerprint density at radius 2 is 2.36 bits per heavy atom. The van der Waals surface area contributed by atoms with E-state index in [4.69, 9.17) is 11.6 Å². The van der Waals surface area contributed by atoms with Crippen molar-refractivity contribution in [3.8, 4) is 0 Å². The monoisotopic (exact) mass is 226 g/mol. The maximum absolute atomic E-state index is 11.3. The Morgan fingerprint density at radius 3 is 3.00 bits per heavy atom. The summed E-state index contributed by atoms with van der Waals surface area (Å²) in [5, 5.41) is 2.60. The third kappa shape index (κ3) is 1.86.